The fourth-order valence-electron chi connectivity index (χ4n) is 3.42. The fraction of sp³-hybridized carbons (Fsp3) is 0.0714. The predicted molar refractivity (Wildman–Crippen MR) is 139 cm³/mol. The molecule has 2 nitrogen and oxygen atoms in total. The van der Waals surface area contributed by atoms with Gasteiger partial charge in [0.1, 0.15) is 0 Å². The maximum absolute atomic E-state index is 6.05. The van der Waals surface area contributed by atoms with Crippen LogP contribution >= 0.6 is 23.2 Å². The molecule has 0 saturated heterocycles. The average Bonchev–Trinajstić information content (AvgIpc) is 2.77. The normalized spacial score (nSPS) is 11.5. The zero-order chi connectivity index (χ0) is 22.5. The van der Waals surface area contributed by atoms with Gasteiger partial charge >= 0.3 is 0 Å². The molecule has 0 radical (unpaired) electrons. The van der Waals surface area contributed by atoms with Crippen molar-refractivity contribution >= 4 is 47.0 Å². The van der Waals surface area contributed by atoms with E-state index >= 15 is 0 Å². The van der Waals surface area contributed by atoms with Crippen LogP contribution < -0.4 is 0 Å². The summed E-state index contributed by atoms with van der Waals surface area (Å²) >= 11 is 12.1. The van der Waals surface area contributed by atoms with Crippen molar-refractivity contribution < 1.29 is 0 Å². The summed E-state index contributed by atoms with van der Waals surface area (Å²) in [4.78, 5) is 9.26. The van der Waals surface area contributed by atoms with Crippen molar-refractivity contribution in [2.75, 3.05) is 0 Å². The van der Waals surface area contributed by atoms with E-state index in [0.717, 1.165) is 44.8 Å². The van der Waals surface area contributed by atoms with Crippen LogP contribution in [0.3, 0.4) is 0 Å². The van der Waals surface area contributed by atoms with E-state index < -0.39 is 0 Å². The van der Waals surface area contributed by atoms with Gasteiger partial charge in [0, 0.05) is 22.5 Å². The van der Waals surface area contributed by atoms with E-state index in [2.05, 4.69) is 48.1 Å². The lowest BCUT2D eigenvalue weighted by Gasteiger charge is -2.08. The third-order valence-corrected chi connectivity index (χ3v) is 5.60. The Hall–Kier alpha value is -3.20. The third kappa shape index (κ3) is 5.53. The first kappa shape index (κ1) is 22.0. The summed E-state index contributed by atoms with van der Waals surface area (Å²) in [5, 5.41) is 1.41. The van der Waals surface area contributed by atoms with Gasteiger partial charge in [0.15, 0.2) is 0 Å². The first-order valence-electron chi connectivity index (χ1n) is 10.3. The van der Waals surface area contributed by atoms with Crippen molar-refractivity contribution in [3.8, 4) is 11.1 Å². The molecule has 0 fully saturated rings. The summed E-state index contributed by atoms with van der Waals surface area (Å²) in [6, 6.07) is 27.9. The quantitative estimate of drug-likeness (QED) is 0.268. The fourth-order valence-corrected chi connectivity index (χ4v) is 3.82. The zero-order valence-electron chi connectivity index (χ0n) is 17.9. The Bertz CT molecular complexity index is 1220. The largest absolute Gasteiger partial charge is 0.256 e. The van der Waals surface area contributed by atoms with Crippen molar-refractivity contribution in [1.29, 1.82) is 0 Å². The Balaban J connectivity index is 1.53. The van der Waals surface area contributed by atoms with Crippen LogP contribution in [-0.2, 0) is 0 Å². The molecule has 0 aliphatic carbocycles. The first-order chi connectivity index (χ1) is 15.5. The van der Waals surface area contributed by atoms with Crippen molar-refractivity contribution in [2.45, 2.75) is 13.8 Å². The van der Waals surface area contributed by atoms with Crippen molar-refractivity contribution in [3.05, 3.63) is 117 Å². The van der Waals surface area contributed by atoms with E-state index in [9.17, 15) is 0 Å². The third-order valence-electron chi connectivity index (χ3n) is 5.13. The lowest BCUT2D eigenvalue weighted by molar-refractivity contribution is 1.38. The minimum atomic E-state index is 0.705. The number of hydrogen-bond donors (Lipinski definition) is 0. The smallest absolute Gasteiger partial charge is 0.0659 e. The number of aliphatic imine (C=N–C) groups is 2. The van der Waals surface area contributed by atoms with Crippen LogP contribution in [0.15, 0.2) is 94.9 Å². The van der Waals surface area contributed by atoms with Gasteiger partial charge in [-0.3, -0.25) is 9.98 Å². The summed E-state index contributed by atoms with van der Waals surface area (Å²) in [6.07, 6.45) is 3.68. The lowest BCUT2D eigenvalue weighted by Crippen LogP contribution is -1.85. The maximum Gasteiger partial charge on any atom is 0.0659 e. The van der Waals surface area contributed by atoms with Crippen LogP contribution in [0.1, 0.15) is 22.3 Å². The van der Waals surface area contributed by atoms with E-state index in [1.54, 1.807) is 0 Å². The monoisotopic (exact) mass is 456 g/mol. The number of hydrogen-bond acceptors (Lipinski definition) is 2. The highest BCUT2D eigenvalue weighted by Crippen LogP contribution is 2.30. The van der Waals surface area contributed by atoms with Gasteiger partial charge in [-0.15, -0.1) is 0 Å². The van der Waals surface area contributed by atoms with Crippen LogP contribution in [0.4, 0.5) is 11.4 Å². The standard InChI is InChI=1S/C28H22Cl2N2/c1-19-13-23(9-11-27(19)31-17-21-5-3-7-25(29)15-21)24-10-12-28(20(2)14-24)32-18-22-6-4-8-26(30)16-22/h3-18H,1-2H3. The number of nitrogens with zero attached hydrogens (tertiary/aromatic N) is 2. The van der Waals surface area contributed by atoms with Gasteiger partial charge < -0.3 is 0 Å². The minimum Gasteiger partial charge on any atom is -0.256 e. The van der Waals surface area contributed by atoms with Crippen LogP contribution in [-0.4, -0.2) is 12.4 Å². The highest BCUT2D eigenvalue weighted by molar-refractivity contribution is 6.31. The Morgan fingerprint density at radius 3 is 1.38 bits per heavy atom. The summed E-state index contributed by atoms with van der Waals surface area (Å²) in [7, 11) is 0. The van der Waals surface area contributed by atoms with Crippen molar-refractivity contribution in [2.24, 2.45) is 9.98 Å². The Labute approximate surface area is 198 Å². The number of halogens is 2. The van der Waals surface area contributed by atoms with E-state index in [4.69, 9.17) is 23.2 Å². The summed E-state index contributed by atoms with van der Waals surface area (Å²) in [6.45, 7) is 4.15. The molecule has 4 aromatic rings. The van der Waals surface area contributed by atoms with Crippen molar-refractivity contribution in [3.63, 3.8) is 0 Å². The molecule has 158 valence electrons. The lowest BCUT2D eigenvalue weighted by atomic mass is 10.00. The molecule has 0 aliphatic heterocycles. The van der Waals surface area contributed by atoms with E-state index in [0.29, 0.717) is 10.0 Å². The Morgan fingerprint density at radius 1 is 0.562 bits per heavy atom. The molecule has 0 saturated carbocycles. The molecule has 0 aromatic heterocycles. The molecule has 0 spiro atoms. The first-order valence-corrected chi connectivity index (χ1v) is 11.0. The van der Waals surface area contributed by atoms with E-state index in [1.807, 2.05) is 73.1 Å². The SMILES string of the molecule is Cc1cc(-c2ccc(N=Cc3cccc(Cl)c3)c(C)c2)ccc1N=Cc1cccc(Cl)c1. The Morgan fingerprint density at radius 2 is 1.00 bits per heavy atom. The molecule has 4 heteroatoms. The average molecular weight is 457 g/mol. The molecule has 0 bridgehead atoms. The summed E-state index contributed by atoms with van der Waals surface area (Å²) < 4.78 is 0. The van der Waals surface area contributed by atoms with Gasteiger partial charge in [0.25, 0.3) is 0 Å². The molecular weight excluding hydrogens is 435 g/mol. The summed E-state index contributed by atoms with van der Waals surface area (Å²) in [5.74, 6) is 0. The van der Waals surface area contributed by atoms with Crippen LogP contribution in [0.5, 0.6) is 0 Å². The molecule has 0 heterocycles. The second kappa shape index (κ2) is 9.95. The minimum absolute atomic E-state index is 0.705. The van der Waals surface area contributed by atoms with E-state index in [1.165, 1.54) is 0 Å². The molecule has 0 N–H and O–H groups in total. The molecular formula is C28H22Cl2N2. The van der Waals surface area contributed by atoms with Gasteiger partial charge in [-0.1, -0.05) is 59.6 Å². The zero-order valence-corrected chi connectivity index (χ0v) is 19.4. The van der Waals surface area contributed by atoms with Crippen molar-refractivity contribution in [1.82, 2.24) is 0 Å². The number of benzene rings is 4. The van der Waals surface area contributed by atoms with Gasteiger partial charge in [-0.25, -0.2) is 0 Å². The van der Waals surface area contributed by atoms with Gasteiger partial charge in [-0.2, -0.15) is 0 Å². The van der Waals surface area contributed by atoms with Crippen LogP contribution in [0.2, 0.25) is 10.0 Å². The van der Waals surface area contributed by atoms with Gasteiger partial charge in [-0.05, 0) is 95.8 Å². The Kier molecular flexibility index (Phi) is 6.84. The second-order valence-electron chi connectivity index (χ2n) is 7.63. The maximum atomic E-state index is 6.05. The molecule has 0 atom stereocenters. The molecule has 4 aromatic carbocycles. The second-order valence-corrected chi connectivity index (χ2v) is 8.50. The molecule has 0 unspecified atom stereocenters. The van der Waals surface area contributed by atoms with Crippen LogP contribution in [0, 0.1) is 13.8 Å². The molecule has 0 aliphatic rings. The molecule has 4 rings (SSSR count). The van der Waals surface area contributed by atoms with E-state index in [-0.39, 0.29) is 0 Å². The highest BCUT2D eigenvalue weighted by Gasteiger charge is 2.05. The topological polar surface area (TPSA) is 24.7 Å². The van der Waals surface area contributed by atoms with Crippen LogP contribution in [0.25, 0.3) is 11.1 Å². The number of aryl methyl sites for hydroxylation is 2. The highest BCUT2D eigenvalue weighted by atomic mass is 35.5. The van der Waals surface area contributed by atoms with Gasteiger partial charge in [0.05, 0.1) is 11.4 Å². The molecule has 0 amide bonds. The molecule has 32 heavy (non-hydrogen) atoms. The summed E-state index contributed by atoms with van der Waals surface area (Å²) in [5.41, 5.74) is 8.36. The van der Waals surface area contributed by atoms with Gasteiger partial charge in [0.2, 0.25) is 0 Å². The predicted octanol–water partition coefficient (Wildman–Crippen LogP) is 8.78. The number of rotatable bonds is 5.